The van der Waals surface area contributed by atoms with Gasteiger partial charge in [-0.15, -0.1) is 0 Å². The van der Waals surface area contributed by atoms with Crippen molar-refractivity contribution in [3.63, 3.8) is 0 Å². The molecule has 27 heavy (non-hydrogen) atoms. The van der Waals surface area contributed by atoms with Crippen LogP contribution >= 0.6 is 0 Å². The van der Waals surface area contributed by atoms with Crippen LogP contribution in [-0.2, 0) is 4.74 Å². The van der Waals surface area contributed by atoms with Gasteiger partial charge in [0, 0.05) is 12.0 Å². The lowest BCUT2D eigenvalue weighted by Gasteiger charge is -2.37. The molecular formula is C21H31NO5. The highest BCUT2D eigenvalue weighted by molar-refractivity contribution is 5.69. The molecule has 1 saturated heterocycles. The molecule has 1 aliphatic heterocycles. The van der Waals surface area contributed by atoms with E-state index in [4.69, 9.17) is 14.2 Å². The zero-order chi connectivity index (χ0) is 19.6. The van der Waals surface area contributed by atoms with E-state index in [1.807, 2.05) is 25.1 Å². The molecule has 3 rings (SSSR count). The number of ether oxygens (including phenoxy) is 3. The normalized spacial score (nSPS) is 26.9. The molecule has 3 atom stereocenters. The number of hydrogen-bond donors (Lipinski definition) is 1. The van der Waals surface area contributed by atoms with Gasteiger partial charge in [0.2, 0.25) is 0 Å². The summed E-state index contributed by atoms with van der Waals surface area (Å²) in [4.78, 5) is 14.1. The molecule has 1 aromatic carbocycles. The van der Waals surface area contributed by atoms with Gasteiger partial charge < -0.3 is 24.2 Å². The number of methoxy groups -OCH3 is 2. The number of aliphatic hydroxyl groups excluding tert-OH is 1. The van der Waals surface area contributed by atoms with E-state index in [9.17, 15) is 9.90 Å². The minimum Gasteiger partial charge on any atom is -0.493 e. The molecule has 0 aromatic heterocycles. The Morgan fingerprint density at radius 3 is 2.56 bits per heavy atom. The minimum atomic E-state index is -0.571. The van der Waals surface area contributed by atoms with Crippen LogP contribution in [-0.4, -0.2) is 49.1 Å². The van der Waals surface area contributed by atoms with Crippen molar-refractivity contribution in [3.8, 4) is 11.5 Å². The molecule has 0 spiro atoms. The SMILES string of the molecule is COC(=O)N1CC[C@](C)([C@H](C)O)[C@H]1c1ccc(OC)c(OC2CCCC2)c1. The van der Waals surface area contributed by atoms with Crippen molar-refractivity contribution < 1.29 is 24.1 Å². The minimum absolute atomic E-state index is 0.206. The fourth-order valence-electron chi connectivity index (χ4n) is 4.44. The van der Waals surface area contributed by atoms with Gasteiger partial charge >= 0.3 is 6.09 Å². The first-order valence-corrected chi connectivity index (χ1v) is 9.78. The van der Waals surface area contributed by atoms with Gasteiger partial charge in [-0.3, -0.25) is 0 Å². The number of benzene rings is 1. The Kier molecular flexibility index (Phi) is 5.84. The monoisotopic (exact) mass is 377 g/mol. The first kappa shape index (κ1) is 19.8. The Balaban J connectivity index is 1.98. The van der Waals surface area contributed by atoms with E-state index in [0.717, 1.165) is 18.4 Å². The Labute approximate surface area is 161 Å². The smallest absolute Gasteiger partial charge is 0.410 e. The summed E-state index contributed by atoms with van der Waals surface area (Å²) in [5.74, 6) is 1.39. The van der Waals surface area contributed by atoms with Crippen molar-refractivity contribution in [2.75, 3.05) is 20.8 Å². The first-order chi connectivity index (χ1) is 12.9. The van der Waals surface area contributed by atoms with Gasteiger partial charge in [0.15, 0.2) is 11.5 Å². The van der Waals surface area contributed by atoms with Crippen LogP contribution in [0.15, 0.2) is 18.2 Å². The van der Waals surface area contributed by atoms with Crippen molar-refractivity contribution in [3.05, 3.63) is 23.8 Å². The number of aliphatic hydroxyl groups is 1. The molecule has 6 nitrogen and oxygen atoms in total. The molecular weight excluding hydrogens is 346 g/mol. The van der Waals surface area contributed by atoms with Crippen molar-refractivity contribution in [2.24, 2.45) is 5.41 Å². The number of carbonyl (C=O) groups is 1. The molecule has 0 bridgehead atoms. The Morgan fingerprint density at radius 1 is 1.26 bits per heavy atom. The predicted octanol–water partition coefficient (Wildman–Crippen LogP) is 3.92. The third-order valence-electron chi connectivity index (χ3n) is 6.29. The van der Waals surface area contributed by atoms with Crippen LogP contribution in [0.3, 0.4) is 0 Å². The molecule has 1 heterocycles. The first-order valence-electron chi connectivity index (χ1n) is 9.78. The highest BCUT2D eigenvalue weighted by atomic mass is 16.5. The Bertz CT molecular complexity index is 671. The molecule has 150 valence electrons. The van der Waals surface area contributed by atoms with Gasteiger partial charge in [-0.1, -0.05) is 13.0 Å². The zero-order valence-corrected chi connectivity index (χ0v) is 16.7. The maximum Gasteiger partial charge on any atom is 0.410 e. The van der Waals surface area contributed by atoms with Crippen LogP contribution in [0.25, 0.3) is 0 Å². The van der Waals surface area contributed by atoms with Crippen LogP contribution in [0.5, 0.6) is 11.5 Å². The third kappa shape index (κ3) is 3.72. The highest BCUT2D eigenvalue weighted by Crippen LogP contribution is 2.50. The van der Waals surface area contributed by atoms with Crippen LogP contribution < -0.4 is 9.47 Å². The number of rotatable bonds is 5. The second-order valence-corrected chi connectivity index (χ2v) is 7.93. The maximum absolute atomic E-state index is 12.4. The number of likely N-dealkylation sites (tertiary alicyclic amines) is 1. The fourth-order valence-corrected chi connectivity index (χ4v) is 4.44. The number of amides is 1. The van der Waals surface area contributed by atoms with Gasteiger partial charge in [-0.25, -0.2) is 4.79 Å². The van der Waals surface area contributed by atoms with Crippen LogP contribution in [0.4, 0.5) is 4.79 Å². The van der Waals surface area contributed by atoms with Gasteiger partial charge in [0.05, 0.1) is 32.5 Å². The fraction of sp³-hybridized carbons (Fsp3) is 0.667. The van der Waals surface area contributed by atoms with E-state index in [0.29, 0.717) is 24.5 Å². The van der Waals surface area contributed by atoms with Crippen molar-refractivity contribution in [1.29, 1.82) is 0 Å². The molecule has 2 aliphatic rings. The average molecular weight is 377 g/mol. The van der Waals surface area contributed by atoms with E-state index in [1.165, 1.54) is 20.0 Å². The number of nitrogens with zero attached hydrogens (tertiary/aromatic N) is 1. The second kappa shape index (κ2) is 7.97. The lowest BCUT2D eigenvalue weighted by Crippen LogP contribution is -2.39. The van der Waals surface area contributed by atoms with E-state index < -0.39 is 11.5 Å². The maximum atomic E-state index is 12.4. The Hall–Kier alpha value is -1.95. The van der Waals surface area contributed by atoms with Crippen molar-refractivity contribution >= 4 is 6.09 Å². The zero-order valence-electron chi connectivity index (χ0n) is 16.7. The summed E-state index contributed by atoms with van der Waals surface area (Å²) in [6.45, 7) is 4.35. The summed E-state index contributed by atoms with van der Waals surface area (Å²) in [6, 6.07) is 5.51. The van der Waals surface area contributed by atoms with Gasteiger partial charge in [-0.05, 0) is 56.7 Å². The number of hydrogen-bond acceptors (Lipinski definition) is 5. The summed E-state index contributed by atoms with van der Waals surface area (Å²) in [7, 11) is 3.02. The lowest BCUT2D eigenvalue weighted by molar-refractivity contribution is 0.0204. The molecule has 1 aliphatic carbocycles. The van der Waals surface area contributed by atoms with Gasteiger partial charge in [0.25, 0.3) is 0 Å². The molecule has 1 saturated carbocycles. The summed E-state index contributed by atoms with van der Waals surface area (Å²) in [6.07, 6.45) is 4.44. The summed E-state index contributed by atoms with van der Waals surface area (Å²) >= 11 is 0. The lowest BCUT2D eigenvalue weighted by atomic mass is 9.75. The van der Waals surface area contributed by atoms with Gasteiger partial charge in [0.1, 0.15) is 0 Å². The van der Waals surface area contributed by atoms with E-state index in [-0.39, 0.29) is 18.2 Å². The standard InChI is InChI=1S/C21H31NO5/c1-14(23)21(2)11-12-22(20(24)26-4)19(21)15-9-10-17(25-3)18(13-15)27-16-7-5-6-8-16/h9-10,13-14,16,19,23H,5-8,11-12H2,1-4H3/t14-,19+,21+/m0/s1. The highest BCUT2D eigenvalue weighted by Gasteiger charge is 2.50. The predicted molar refractivity (Wildman–Crippen MR) is 102 cm³/mol. The topological polar surface area (TPSA) is 68.2 Å². The summed E-state index contributed by atoms with van der Waals surface area (Å²) in [5, 5.41) is 10.5. The summed E-state index contributed by atoms with van der Waals surface area (Å²) in [5.41, 5.74) is 0.461. The average Bonchev–Trinajstić information content (AvgIpc) is 3.29. The van der Waals surface area contributed by atoms with E-state index >= 15 is 0 Å². The molecule has 1 amide bonds. The van der Waals surface area contributed by atoms with Crippen LogP contribution in [0.2, 0.25) is 0 Å². The largest absolute Gasteiger partial charge is 0.493 e. The molecule has 6 heteroatoms. The molecule has 2 fully saturated rings. The quantitative estimate of drug-likeness (QED) is 0.842. The van der Waals surface area contributed by atoms with Crippen LogP contribution in [0, 0.1) is 5.41 Å². The van der Waals surface area contributed by atoms with E-state index in [1.54, 1.807) is 18.9 Å². The van der Waals surface area contributed by atoms with E-state index in [2.05, 4.69) is 0 Å². The van der Waals surface area contributed by atoms with Crippen LogP contribution in [0.1, 0.15) is 57.6 Å². The molecule has 1 aromatic rings. The van der Waals surface area contributed by atoms with Crippen molar-refractivity contribution in [1.82, 2.24) is 4.90 Å². The van der Waals surface area contributed by atoms with Crippen molar-refractivity contribution in [2.45, 2.75) is 64.2 Å². The Morgan fingerprint density at radius 2 is 1.96 bits per heavy atom. The second-order valence-electron chi connectivity index (χ2n) is 7.93. The van der Waals surface area contributed by atoms with Gasteiger partial charge in [-0.2, -0.15) is 0 Å². The summed E-state index contributed by atoms with van der Waals surface area (Å²) < 4.78 is 16.7. The molecule has 1 N–H and O–H groups in total. The molecule has 0 radical (unpaired) electrons. The third-order valence-corrected chi connectivity index (χ3v) is 6.29. The molecule has 0 unspecified atom stereocenters. The number of carbonyl (C=O) groups excluding carboxylic acids is 1.